The van der Waals surface area contributed by atoms with Crippen molar-refractivity contribution >= 4 is 22.2 Å². The summed E-state index contributed by atoms with van der Waals surface area (Å²) in [6, 6.07) is 2.29. The molecule has 6 heteroatoms. The van der Waals surface area contributed by atoms with E-state index in [1.54, 1.807) is 13.8 Å². The molecular formula is C19H23N3O2S. The smallest absolute Gasteiger partial charge is 0.261 e. The topological polar surface area (TPSA) is 78.9 Å². The van der Waals surface area contributed by atoms with E-state index >= 15 is 0 Å². The van der Waals surface area contributed by atoms with Crippen LogP contribution in [0.2, 0.25) is 0 Å². The number of hydrogen-bond donors (Lipinski definition) is 1. The van der Waals surface area contributed by atoms with Crippen LogP contribution < -0.4 is 5.32 Å². The minimum absolute atomic E-state index is 0.245. The Kier molecular flexibility index (Phi) is 4.46. The number of nitriles is 1. The van der Waals surface area contributed by atoms with Crippen LogP contribution >= 0.6 is 11.3 Å². The van der Waals surface area contributed by atoms with Gasteiger partial charge >= 0.3 is 0 Å². The number of anilines is 1. The van der Waals surface area contributed by atoms with Crippen molar-refractivity contribution in [2.75, 3.05) is 5.32 Å². The first-order valence-electron chi connectivity index (χ1n) is 8.51. The lowest BCUT2D eigenvalue weighted by Gasteiger charge is -2.33. The maximum atomic E-state index is 12.6. The fourth-order valence-electron chi connectivity index (χ4n) is 3.50. The zero-order valence-corrected chi connectivity index (χ0v) is 16.1. The Bertz CT molecular complexity index is 845. The van der Waals surface area contributed by atoms with Gasteiger partial charge in [-0.05, 0) is 50.0 Å². The largest absolute Gasteiger partial charge is 0.361 e. The fraction of sp³-hybridized carbons (Fsp3) is 0.526. The summed E-state index contributed by atoms with van der Waals surface area (Å²) in [5.41, 5.74) is 2.98. The zero-order chi connectivity index (χ0) is 18.4. The summed E-state index contributed by atoms with van der Waals surface area (Å²) in [6.07, 6.45) is 2.95. The van der Waals surface area contributed by atoms with Gasteiger partial charge in [-0.1, -0.05) is 25.9 Å². The third-order valence-electron chi connectivity index (χ3n) is 5.09. The van der Waals surface area contributed by atoms with Gasteiger partial charge in [-0.25, -0.2) is 0 Å². The average Bonchev–Trinajstić information content (AvgIpc) is 3.04. The molecule has 0 fully saturated rings. The van der Waals surface area contributed by atoms with Gasteiger partial charge in [-0.3, -0.25) is 4.79 Å². The monoisotopic (exact) mass is 357 g/mol. The van der Waals surface area contributed by atoms with E-state index in [0.717, 1.165) is 24.8 Å². The van der Waals surface area contributed by atoms with Gasteiger partial charge in [0.1, 0.15) is 22.4 Å². The molecule has 1 N–H and O–H groups in total. The number of thiophene rings is 1. The maximum absolute atomic E-state index is 12.6. The molecule has 0 aliphatic heterocycles. The van der Waals surface area contributed by atoms with Gasteiger partial charge in [0.25, 0.3) is 5.91 Å². The Morgan fingerprint density at radius 1 is 1.40 bits per heavy atom. The van der Waals surface area contributed by atoms with Crippen molar-refractivity contribution in [2.45, 2.75) is 53.9 Å². The standard InChI is InChI=1S/C19H23N3O2S/c1-10-16(11(2)24-22-10)17(23)21-18-14(9-20)13-7-6-12(19(3,4)5)8-15(13)25-18/h12H,6-8H2,1-5H3,(H,21,23). The number of nitrogens with zero attached hydrogens (tertiary/aromatic N) is 2. The van der Waals surface area contributed by atoms with Crippen molar-refractivity contribution in [1.29, 1.82) is 5.26 Å². The minimum atomic E-state index is -0.265. The summed E-state index contributed by atoms with van der Waals surface area (Å²) >= 11 is 1.54. The number of rotatable bonds is 2. The molecule has 0 aromatic carbocycles. The molecule has 5 nitrogen and oxygen atoms in total. The van der Waals surface area contributed by atoms with E-state index in [1.807, 2.05) is 0 Å². The van der Waals surface area contributed by atoms with Crippen LogP contribution in [-0.4, -0.2) is 11.1 Å². The van der Waals surface area contributed by atoms with Crippen molar-refractivity contribution < 1.29 is 9.32 Å². The molecule has 2 aromatic rings. The third kappa shape index (κ3) is 3.21. The van der Waals surface area contributed by atoms with Gasteiger partial charge in [-0.15, -0.1) is 11.3 Å². The number of aromatic nitrogens is 1. The van der Waals surface area contributed by atoms with Gasteiger partial charge in [0.05, 0.1) is 11.3 Å². The van der Waals surface area contributed by atoms with Crippen molar-refractivity contribution in [3.8, 4) is 6.07 Å². The first kappa shape index (κ1) is 17.7. The summed E-state index contributed by atoms with van der Waals surface area (Å²) in [4.78, 5) is 13.8. The molecule has 1 aliphatic rings. The predicted molar refractivity (Wildman–Crippen MR) is 97.9 cm³/mol. The quantitative estimate of drug-likeness (QED) is 0.850. The number of aryl methyl sites for hydroxylation is 2. The Balaban J connectivity index is 1.91. The Morgan fingerprint density at radius 2 is 2.12 bits per heavy atom. The SMILES string of the molecule is Cc1noc(C)c1C(=O)Nc1sc2c(c1C#N)CCC(C(C)(C)C)C2. The summed E-state index contributed by atoms with van der Waals surface area (Å²) in [7, 11) is 0. The highest BCUT2D eigenvalue weighted by Gasteiger charge is 2.32. The second-order valence-corrected chi connectivity index (χ2v) is 8.88. The third-order valence-corrected chi connectivity index (χ3v) is 6.26. The second-order valence-electron chi connectivity index (χ2n) is 7.78. The van der Waals surface area contributed by atoms with E-state index in [4.69, 9.17) is 4.52 Å². The van der Waals surface area contributed by atoms with Crippen molar-refractivity contribution in [3.05, 3.63) is 33.0 Å². The molecule has 0 saturated heterocycles. The van der Waals surface area contributed by atoms with E-state index in [9.17, 15) is 10.1 Å². The van der Waals surface area contributed by atoms with E-state index in [-0.39, 0.29) is 11.3 Å². The molecule has 1 aliphatic carbocycles. The molecule has 0 saturated carbocycles. The molecule has 1 amide bonds. The second kappa shape index (κ2) is 6.30. The van der Waals surface area contributed by atoms with Gasteiger partial charge in [-0.2, -0.15) is 5.26 Å². The molecule has 2 aromatic heterocycles. The van der Waals surface area contributed by atoms with E-state index in [1.165, 1.54) is 16.2 Å². The van der Waals surface area contributed by atoms with E-state index in [0.29, 0.717) is 33.5 Å². The lowest BCUT2D eigenvalue weighted by atomic mass is 9.72. The van der Waals surface area contributed by atoms with Crippen LogP contribution in [0.25, 0.3) is 0 Å². The Labute approximate surface area is 152 Å². The number of amides is 1. The minimum Gasteiger partial charge on any atom is -0.361 e. The number of hydrogen-bond acceptors (Lipinski definition) is 5. The van der Waals surface area contributed by atoms with Gasteiger partial charge in [0, 0.05) is 4.88 Å². The lowest BCUT2D eigenvalue weighted by molar-refractivity contribution is 0.102. The summed E-state index contributed by atoms with van der Waals surface area (Å²) in [5.74, 6) is 0.817. The van der Waals surface area contributed by atoms with Crippen LogP contribution in [0, 0.1) is 36.5 Å². The molecule has 1 atom stereocenters. The molecule has 0 bridgehead atoms. The highest BCUT2D eigenvalue weighted by Crippen LogP contribution is 2.44. The molecule has 132 valence electrons. The summed E-state index contributed by atoms with van der Waals surface area (Å²) < 4.78 is 5.07. The molecular weight excluding hydrogens is 334 g/mol. The molecule has 0 spiro atoms. The van der Waals surface area contributed by atoms with Crippen LogP contribution in [0.15, 0.2) is 4.52 Å². The molecule has 25 heavy (non-hydrogen) atoms. The van der Waals surface area contributed by atoms with Crippen LogP contribution in [0.4, 0.5) is 5.00 Å². The summed E-state index contributed by atoms with van der Waals surface area (Å²) in [5, 5.41) is 17.0. The average molecular weight is 357 g/mol. The van der Waals surface area contributed by atoms with Crippen molar-refractivity contribution in [3.63, 3.8) is 0 Å². The number of carbonyl (C=O) groups is 1. The van der Waals surface area contributed by atoms with Crippen LogP contribution in [0.3, 0.4) is 0 Å². The van der Waals surface area contributed by atoms with Crippen molar-refractivity contribution in [2.24, 2.45) is 11.3 Å². The summed E-state index contributed by atoms with van der Waals surface area (Å²) in [6.45, 7) is 10.3. The lowest BCUT2D eigenvalue weighted by Crippen LogP contribution is -2.26. The van der Waals surface area contributed by atoms with Crippen LogP contribution in [0.1, 0.15) is 65.0 Å². The molecule has 3 rings (SSSR count). The highest BCUT2D eigenvalue weighted by atomic mass is 32.1. The Hall–Kier alpha value is -2.13. The van der Waals surface area contributed by atoms with Crippen molar-refractivity contribution in [1.82, 2.24) is 5.16 Å². The Morgan fingerprint density at radius 3 is 2.68 bits per heavy atom. The van der Waals surface area contributed by atoms with Gasteiger partial charge < -0.3 is 9.84 Å². The van der Waals surface area contributed by atoms with Gasteiger partial charge in [0.15, 0.2) is 0 Å². The number of nitrogens with one attached hydrogen (secondary N) is 1. The normalized spacial score (nSPS) is 17.0. The first-order chi connectivity index (χ1) is 11.7. The van der Waals surface area contributed by atoms with E-state index < -0.39 is 0 Å². The molecule has 2 heterocycles. The van der Waals surface area contributed by atoms with E-state index in [2.05, 4.69) is 37.3 Å². The highest BCUT2D eigenvalue weighted by molar-refractivity contribution is 7.16. The predicted octanol–water partition coefficient (Wildman–Crippen LogP) is 4.63. The number of carbonyl (C=O) groups excluding carboxylic acids is 1. The number of fused-ring (bicyclic) bond motifs is 1. The molecule has 1 unspecified atom stereocenters. The maximum Gasteiger partial charge on any atom is 0.261 e. The fourth-order valence-corrected chi connectivity index (χ4v) is 4.78. The van der Waals surface area contributed by atoms with Gasteiger partial charge in [0.2, 0.25) is 0 Å². The molecule has 0 radical (unpaired) electrons. The zero-order valence-electron chi connectivity index (χ0n) is 15.3. The van der Waals surface area contributed by atoms with Crippen LogP contribution in [0.5, 0.6) is 0 Å². The first-order valence-corrected chi connectivity index (χ1v) is 9.33. The van der Waals surface area contributed by atoms with Crippen LogP contribution in [-0.2, 0) is 12.8 Å².